The summed E-state index contributed by atoms with van der Waals surface area (Å²) in [7, 11) is 0. The Morgan fingerprint density at radius 2 is 1.93 bits per heavy atom. The van der Waals surface area contributed by atoms with Crippen LogP contribution in [0.5, 0.6) is 5.75 Å². The first kappa shape index (κ1) is 19.7. The molecule has 0 radical (unpaired) electrons. The van der Waals surface area contributed by atoms with Crippen LogP contribution in [0, 0.1) is 17.2 Å². The number of pyridine rings is 1. The third-order valence-corrected chi connectivity index (χ3v) is 4.94. The lowest BCUT2D eigenvalue weighted by Crippen LogP contribution is -2.38. The van der Waals surface area contributed by atoms with E-state index in [1.54, 1.807) is 33.7 Å². The fourth-order valence-electron chi connectivity index (χ4n) is 3.44. The van der Waals surface area contributed by atoms with E-state index in [1.807, 2.05) is 0 Å². The zero-order valence-electron chi connectivity index (χ0n) is 15.6. The number of hydrogen-bond donors (Lipinski definition) is 0. The molecular weight excluding hydrogens is 399 g/mol. The Balaban J connectivity index is 1.63. The van der Waals surface area contributed by atoms with Crippen molar-refractivity contribution in [3.63, 3.8) is 0 Å². The van der Waals surface area contributed by atoms with Crippen molar-refractivity contribution in [2.45, 2.75) is 19.2 Å². The van der Waals surface area contributed by atoms with Crippen LogP contribution in [0.3, 0.4) is 0 Å². The average molecular weight is 415 g/mol. The lowest BCUT2D eigenvalue weighted by Gasteiger charge is -2.29. The van der Waals surface area contributed by atoms with Crippen molar-refractivity contribution in [3.05, 3.63) is 48.2 Å². The van der Waals surface area contributed by atoms with Crippen molar-refractivity contribution in [1.82, 2.24) is 19.5 Å². The number of likely N-dealkylation sites (tertiary alicyclic amines) is 1. The summed E-state index contributed by atoms with van der Waals surface area (Å²) in [4.78, 5) is 14.6. The van der Waals surface area contributed by atoms with Crippen molar-refractivity contribution >= 4 is 11.6 Å². The minimum Gasteiger partial charge on any atom is -0.406 e. The molecule has 0 spiro atoms. The van der Waals surface area contributed by atoms with Gasteiger partial charge in [-0.1, -0.05) is 12.1 Å². The molecule has 30 heavy (non-hydrogen) atoms. The first-order valence-corrected chi connectivity index (χ1v) is 9.24. The molecule has 0 aliphatic carbocycles. The summed E-state index contributed by atoms with van der Waals surface area (Å²) in [6.07, 6.45) is -1.96. The largest absolute Gasteiger partial charge is 0.573 e. The molecule has 7 nitrogen and oxygen atoms in total. The maximum absolute atomic E-state index is 12.9. The fourth-order valence-corrected chi connectivity index (χ4v) is 3.44. The highest BCUT2D eigenvalue weighted by Gasteiger charge is 2.31. The van der Waals surface area contributed by atoms with Crippen LogP contribution in [0.4, 0.5) is 13.2 Å². The number of amides is 1. The molecule has 1 aromatic carbocycles. The van der Waals surface area contributed by atoms with Crippen LogP contribution in [0.15, 0.2) is 42.6 Å². The Kier molecular flexibility index (Phi) is 5.03. The number of carbonyl (C=O) groups is 1. The molecule has 1 aliphatic heterocycles. The number of alkyl halides is 3. The van der Waals surface area contributed by atoms with E-state index in [4.69, 9.17) is 5.26 Å². The number of piperidine rings is 1. The Bertz CT molecular complexity index is 1130. The molecule has 0 bridgehead atoms. The number of ether oxygens (including phenoxy) is 1. The van der Waals surface area contributed by atoms with Crippen LogP contribution >= 0.6 is 0 Å². The number of fused-ring (bicyclic) bond motifs is 1. The smallest absolute Gasteiger partial charge is 0.406 e. The van der Waals surface area contributed by atoms with Gasteiger partial charge >= 0.3 is 6.36 Å². The van der Waals surface area contributed by atoms with Crippen molar-refractivity contribution in [2.75, 3.05) is 13.1 Å². The number of nitriles is 1. The molecule has 1 amide bonds. The summed E-state index contributed by atoms with van der Waals surface area (Å²) in [6, 6.07) is 10.9. The lowest BCUT2D eigenvalue weighted by atomic mass is 9.98. The van der Waals surface area contributed by atoms with Crippen molar-refractivity contribution in [1.29, 1.82) is 5.26 Å². The van der Waals surface area contributed by atoms with E-state index in [0.717, 1.165) is 0 Å². The number of aromatic nitrogens is 3. The van der Waals surface area contributed by atoms with Gasteiger partial charge in [0.15, 0.2) is 11.5 Å². The number of nitrogens with zero attached hydrogens (tertiary/aromatic N) is 5. The van der Waals surface area contributed by atoms with Crippen LogP contribution in [-0.4, -0.2) is 44.9 Å². The van der Waals surface area contributed by atoms with Gasteiger partial charge in [-0.25, -0.2) is 0 Å². The van der Waals surface area contributed by atoms with Gasteiger partial charge in [0.25, 0.3) is 5.91 Å². The second-order valence-corrected chi connectivity index (χ2v) is 6.94. The van der Waals surface area contributed by atoms with E-state index in [-0.39, 0.29) is 23.4 Å². The topological polar surface area (TPSA) is 83.5 Å². The molecule has 0 saturated carbocycles. The summed E-state index contributed by atoms with van der Waals surface area (Å²) in [5.41, 5.74) is 1.22. The highest BCUT2D eigenvalue weighted by molar-refractivity contribution is 5.94. The molecule has 3 aromatic rings. The number of carbonyl (C=O) groups excluding carboxylic acids is 1. The molecule has 1 aliphatic rings. The zero-order chi connectivity index (χ0) is 21.3. The van der Waals surface area contributed by atoms with Crippen molar-refractivity contribution in [2.24, 2.45) is 5.92 Å². The van der Waals surface area contributed by atoms with E-state index in [0.29, 0.717) is 42.7 Å². The van der Waals surface area contributed by atoms with Gasteiger partial charge in [-0.2, -0.15) is 5.26 Å². The quantitative estimate of drug-likeness (QED) is 0.652. The molecule has 0 unspecified atom stereocenters. The van der Waals surface area contributed by atoms with Crippen LogP contribution in [-0.2, 0) is 0 Å². The molecule has 3 heterocycles. The highest BCUT2D eigenvalue weighted by Crippen LogP contribution is 2.28. The average Bonchev–Trinajstić information content (AvgIpc) is 3.15. The van der Waals surface area contributed by atoms with Gasteiger partial charge < -0.3 is 9.64 Å². The SMILES string of the molecule is N#CC1CCN(C(=O)c2ccc3nnc(-c4cccc(OC(F)(F)F)c4)n3c2)CC1. The number of halogens is 3. The van der Waals surface area contributed by atoms with E-state index >= 15 is 0 Å². The number of rotatable bonds is 3. The maximum atomic E-state index is 12.9. The van der Waals surface area contributed by atoms with Gasteiger partial charge in [0, 0.05) is 30.8 Å². The fraction of sp³-hybridized carbons (Fsp3) is 0.300. The standard InChI is InChI=1S/C20H16F3N5O2/c21-20(22,23)30-16-3-1-2-14(10-16)18-26-25-17-5-4-15(12-28(17)18)19(29)27-8-6-13(11-24)7-9-27/h1-5,10,12-13H,6-9H2. The van der Waals surface area contributed by atoms with Crippen LogP contribution in [0.25, 0.3) is 17.0 Å². The van der Waals surface area contributed by atoms with Crippen LogP contribution in [0.2, 0.25) is 0 Å². The van der Waals surface area contributed by atoms with Gasteiger partial charge in [0.05, 0.1) is 11.6 Å². The predicted molar refractivity (Wildman–Crippen MR) is 99.3 cm³/mol. The van der Waals surface area contributed by atoms with E-state index in [2.05, 4.69) is 21.0 Å². The Morgan fingerprint density at radius 3 is 2.63 bits per heavy atom. The first-order chi connectivity index (χ1) is 14.3. The minimum absolute atomic E-state index is 0.0350. The van der Waals surface area contributed by atoms with Gasteiger partial charge in [-0.3, -0.25) is 9.20 Å². The summed E-state index contributed by atoms with van der Waals surface area (Å²) in [6.45, 7) is 1.00. The summed E-state index contributed by atoms with van der Waals surface area (Å²) >= 11 is 0. The molecule has 0 atom stereocenters. The van der Waals surface area contributed by atoms with Crippen LogP contribution in [0.1, 0.15) is 23.2 Å². The zero-order valence-corrected chi connectivity index (χ0v) is 15.6. The molecule has 1 saturated heterocycles. The molecular formula is C20H16F3N5O2. The van der Waals surface area contributed by atoms with E-state index < -0.39 is 6.36 Å². The minimum atomic E-state index is -4.80. The third kappa shape index (κ3) is 4.05. The van der Waals surface area contributed by atoms with E-state index in [9.17, 15) is 18.0 Å². The van der Waals surface area contributed by atoms with Gasteiger partial charge in [0.2, 0.25) is 0 Å². The molecule has 1 fully saturated rings. The lowest BCUT2D eigenvalue weighted by molar-refractivity contribution is -0.274. The third-order valence-electron chi connectivity index (χ3n) is 4.94. The predicted octanol–water partition coefficient (Wildman–Crippen LogP) is 3.67. The Labute approximate surface area is 169 Å². The first-order valence-electron chi connectivity index (χ1n) is 9.24. The summed E-state index contributed by atoms with van der Waals surface area (Å²) in [5.74, 6) is -0.297. The highest BCUT2D eigenvalue weighted by atomic mass is 19.4. The molecule has 10 heteroatoms. The van der Waals surface area contributed by atoms with Gasteiger partial charge in [-0.15, -0.1) is 23.4 Å². The summed E-state index contributed by atoms with van der Waals surface area (Å²) in [5, 5.41) is 17.1. The monoisotopic (exact) mass is 415 g/mol. The Hall–Kier alpha value is -3.61. The molecule has 4 rings (SSSR count). The number of benzene rings is 1. The molecule has 0 N–H and O–H groups in total. The maximum Gasteiger partial charge on any atom is 0.573 e. The van der Waals surface area contributed by atoms with Crippen molar-refractivity contribution < 1.29 is 22.7 Å². The second kappa shape index (κ2) is 7.67. The summed E-state index contributed by atoms with van der Waals surface area (Å²) < 4.78 is 43.1. The second-order valence-electron chi connectivity index (χ2n) is 6.94. The van der Waals surface area contributed by atoms with E-state index in [1.165, 1.54) is 18.2 Å². The Morgan fingerprint density at radius 1 is 1.17 bits per heavy atom. The van der Waals surface area contributed by atoms with Gasteiger partial charge in [-0.05, 0) is 37.1 Å². The molecule has 154 valence electrons. The molecule has 2 aromatic heterocycles. The normalized spacial score (nSPS) is 15.2. The van der Waals surface area contributed by atoms with Crippen molar-refractivity contribution in [3.8, 4) is 23.2 Å². The van der Waals surface area contributed by atoms with Gasteiger partial charge in [0.1, 0.15) is 5.75 Å². The van der Waals surface area contributed by atoms with Crippen LogP contribution < -0.4 is 4.74 Å². The number of hydrogen-bond acceptors (Lipinski definition) is 5.